The molecule has 1 aromatic carbocycles. The summed E-state index contributed by atoms with van der Waals surface area (Å²) in [6.45, 7) is 1.66. The number of hydrogen-bond acceptors (Lipinski definition) is 5. The van der Waals surface area contributed by atoms with E-state index in [1.54, 1.807) is 52.9 Å². The highest BCUT2D eigenvalue weighted by Gasteiger charge is 2.35. The van der Waals surface area contributed by atoms with Gasteiger partial charge in [0.25, 0.3) is 5.91 Å². The van der Waals surface area contributed by atoms with Crippen LogP contribution < -0.4 is 10.2 Å². The zero-order chi connectivity index (χ0) is 21.8. The molecule has 31 heavy (non-hydrogen) atoms. The number of halogens is 2. The molecule has 2 amide bonds. The van der Waals surface area contributed by atoms with Crippen molar-refractivity contribution in [3.05, 3.63) is 80.7 Å². The molecule has 1 N–H and O–H groups in total. The van der Waals surface area contributed by atoms with E-state index in [1.165, 1.54) is 0 Å². The smallest absolute Gasteiger partial charge is 0.255 e. The molecule has 160 valence electrons. The predicted molar refractivity (Wildman–Crippen MR) is 124 cm³/mol. The van der Waals surface area contributed by atoms with Crippen molar-refractivity contribution in [2.45, 2.75) is 12.6 Å². The minimum absolute atomic E-state index is 0.141. The first kappa shape index (κ1) is 21.6. The van der Waals surface area contributed by atoms with Crippen molar-refractivity contribution in [3.63, 3.8) is 0 Å². The molecule has 3 heterocycles. The van der Waals surface area contributed by atoms with Crippen molar-refractivity contribution in [3.8, 4) is 0 Å². The maximum absolute atomic E-state index is 13.2. The Morgan fingerprint density at radius 1 is 1.13 bits per heavy atom. The first-order chi connectivity index (χ1) is 15.0. The van der Waals surface area contributed by atoms with Gasteiger partial charge >= 0.3 is 0 Å². The van der Waals surface area contributed by atoms with E-state index in [0.717, 1.165) is 10.6 Å². The van der Waals surface area contributed by atoms with Gasteiger partial charge in [0.15, 0.2) is 0 Å². The maximum atomic E-state index is 13.2. The van der Waals surface area contributed by atoms with Crippen molar-refractivity contribution in [2.24, 2.45) is 0 Å². The van der Waals surface area contributed by atoms with Crippen molar-refractivity contribution >= 4 is 52.0 Å². The van der Waals surface area contributed by atoms with Crippen LogP contribution in [0.2, 0.25) is 10.0 Å². The molecule has 3 aromatic rings. The first-order valence-electron chi connectivity index (χ1n) is 9.74. The molecule has 1 fully saturated rings. The number of rotatable bonds is 5. The third-order valence-corrected chi connectivity index (χ3v) is 6.75. The number of anilines is 1. The number of hydrogen-bond donors (Lipinski definition) is 1. The fourth-order valence-electron chi connectivity index (χ4n) is 3.54. The van der Waals surface area contributed by atoms with Crippen molar-refractivity contribution in [1.82, 2.24) is 15.2 Å². The summed E-state index contributed by atoms with van der Waals surface area (Å²) >= 11 is 13.9. The van der Waals surface area contributed by atoms with Gasteiger partial charge < -0.3 is 15.1 Å². The van der Waals surface area contributed by atoms with E-state index in [9.17, 15) is 9.59 Å². The molecule has 1 aliphatic rings. The number of nitrogens with one attached hydrogen (secondary N) is 1. The van der Waals surface area contributed by atoms with Crippen molar-refractivity contribution in [1.29, 1.82) is 0 Å². The Balaban J connectivity index is 1.56. The van der Waals surface area contributed by atoms with Crippen molar-refractivity contribution < 1.29 is 9.59 Å². The van der Waals surface area contributed by atoms with Gasteiger partial charge in [0, 0.05) is 36.0 Å². The molecule has 0 saturated carbocycles. The molecule has 1 aliphatic heterocycles. The molecule has 0 bridgehead atoms. The Hall–Kier alpha value is -2.61. The highest BCUT2D eigenvalue weighted by Crippen LogP contribution is 2.29. The average molecular weight is 475 g/mol. The number of pyridine rings is 1. The number of aromatic nitrogens is 1. The number of carbonyl (C=O) groups is 2. The zero-order valence-electron chi connectivity index (χ0n) is 16.5. The largest absolute Gasteiger partial charge is 0.356 e. The highest BCUT2D eigenvalue weighted by molar-refractivity contribution is 7.09. The monoisotopic (exact) mass is 474 g/mol. The first-order valence-corrected chi connectivity index (χ1v) is 11.4. The summed E-state index contributed by atoms with van der Waals surface area (Å²) in [5.41, 5.74) is 1.29. The maximum Gasteiger partial charge on any atom is 0.255 e. The second-order valence-electron chi connectivity index (χ2n) is 7.10. The number of nitrogens with zero attached hydrogens (tertiary/aromatic N) is 3. The summed E-state index contributed by atoms with van der Waals surface area (Å²) in [7, 11) is 0. The standard InChI is InChI=1S/C22H20Cl2N4O2S/c23-18-6-5-16(11-19(18)24)28-9-8-27(22(30)15-3-1-7-25-12-15)14-20(28)21(29)26-13-17-4-2-10-31-17/h1-7,10-12,20H,8-9,13-14H2,(H,26,29)/t20-/m0/s1. The van der Waals surface area contributed by atoms with Crippen molar-refractivity contribution in [2.75, 3.05) is 24.5 Å². The molecular formula is C22H20Cl2N4O2S. The lowest BCUT2D eigenvalue weighted by atomic mass is 10.1. The second-order valence-corrected chi connectivity index (χ2v) is 8.94. The lowest BCUT2D eigenvalue weighted by Crippen LogP contribution is -2.60. The third-order valence-electron chi connectivity index (χ3n) is 5.13. The van der Waals surface area contributed by atoms with E-state index < -0.39 is 6.04 Å². The van der Waals surface area contributed by atoms with E-state index in [-0.39, 0.29) is 18.4 Å². The molecule has 0 unspecified atom stereocenters. The highest BCUT2D eigenvalue weighted by atomic mass is 35.5. The summed E-state index contributed by atoms with van der Waals surface area (Å²) in [6.07, 6.45) is 3.17. The van der Waals surface area contributed by atoms with E-state index in [2.05, 4.69) is 10.3 Å². The third kappa shape index (κ3) is 5.01. The van der Waals surface area contributed by atoms with Gasteiger partial charge in [-0.15, -0.1) is 11.3 Å². The van der Waals surface area contributed by atoms with Gasteiger partial charge in [-0.3, -0.25) is 14.6 Å². The van der Waals surface area contributed by atoms with Crippen LogP contribution in [0.15, 0.2) is 60.2 Å². The van der Waals surface area contributed by atoms with Gasteiger partial charge in [0.05, 0.1) is 28.7 Å². The summed E-state index contributed by atoms with van der Waals surface area (Å²) in [4.78, 5) is 34.9. The number of thiophene rings is 1. The van der Waals surface area contributed by atoms with Crippen LogP contribution in [0.4, 0.5) is 5.69 Å². The molecule has 1 atom stereocenters. The van der Waals surface area contributed by atoms with E-state index in [0.29, 0.717) is 35.2 Å². The molecule has 0 aliphatic carbocycles. The molecule has 9 heteroatoms. The lowest BCUT2D eigenvalue weighted by Gasteiger charge is -2.42. The van der Waals surface area contributed by atoms with Crippen LogP contribution >= 0.6 is 34.5 Å². The Morgan fingerprint density at radius 3 is 2.71 bits per heavy atom. The summed E-state index contributed by atoms with van der Waals surface area (Å²) in [6, 6.07) is 12.1. The Labute approximate surface area is 194 Å². The molecule has 4 rings (SSSR count). The molecule has 0 radical (unpaired) electrons. The van der Waals surface area contributed by atoms with Gasteiger partial charge in [-0.05, 0) is 41.8 Å². The van der Waals surface area contributed by atoms with Gasteiger partial charge in [-0.2, -0.15) is 0 Å². The molecule has 0 spiro atoms. The van der Waals surface area contributed by atoms with Crippen LogP contribution in [0.3, 0.4) is 0 Å². The summed E-state index contributed by atoms with van der Waals surface area (Å²) in [5, 5.41) is 5.85. The van der Waals surface area contributed by atoms with Crippen LogP contribution in [-0.4, -0.2) is 47.4 Å². The van der Waals surface area contributed by atoms with E-state index >= 15 is 0 Å². The average Bonchev–Trinajstić information content (AvgIpc) is 3.33. The number of amides is 2. The zero-order valence-corrected chi connectivity index (χ0v) is 18.8. The molecule has 6 nitrogen and oxygen atoms in total. The van der Waals surface area contributed by atoms with Gasteiger partial charge in [0.2, 0.25) is 5.91 Å². The Morgan fingerprint density at radius 2 is 2.00 bits per heavy atom. The normalized spacial score (nSPS) is 16.3. The fourth-order valence-corrected chi connectivity index (χ4v) is 4.48. The number of carbonyl (C=O) groups excluding carboxylic acids is 2. The molecule has 2 aromatic heterocycles. The Bertz CT molecular complexity index is 1060. The fraction of sp³-hybridized carbons (Fsp3) is 0.227. The van der Waals surface area contributed by atoms with Crippen LogP contribution in [-0.2, 0) is 11.3 Å². The van der Waals surface area contributed by atoms with Crippen LogP contribution in [0.25, 0.3) is 0 Å². The van der Waals surface area contributed by atoms with Gasteiger partial charge in [0.1, 0.15) is 6.04 Å². The van der Waals surface area contributed by atoms with Crippen LogP contribution in [0.5, 0.6) is 0 Å². The minimum Gasteiger partial charge on any atom is -0.356 e. The minimum atomic E-state index is -0.563. The van der Waals surface area contributed by atoms with E-state index in [1.807, 2.05) is 28.5 Å². The van der Waals surface area contributed by atoms with Gasteiger partial charge in [-0.25, -0.2) is 0 Å². The Kier molecular flexibility index (Phi) is 6.75. The van der Waals surface area contributed by atoms with E-state index in [4.69, 9.17) is 23.2 Å². The summed E-state index contributed by atoms with van der Waals surface area (Å²) in [5.74, 6) is -0.291. The van der Waals surface area contributed by atoms with Crippen LogP contribution in [0, 0.1) is 0 Å². The topological polar surface area (TPSA) is 65.5 Å². The van der Waals surface area contributed by atoms with Gasteiger partial charge in [-0.1, -0.05) is 29.3 Å². The number of piperazine rings is 1. The molecular weight excluding hydrogens is 455 g/mol. The predicted octanol–water partition coefficient (Wildman–Crippen LogP) is 4.10. The SMILES string of the molecule is O=C(NCc1cccs1)[C@@H]1CN(C(=O)c2cccnc2)CCN1c1ccc(Cl)c(Cl)c1. The quantitative estimate of drug-likeness (QED) is 0.604. The second kappa shape index (κ2) is 9.68. The summed E-state index contributed by atoms with van der Waals surface area (Å²) < 4.78 is 0. The lowest BCUT2D eigenvalue weighted by molar-refractivity contribution is -0.123. The molecule has 1 saturated heterocycles. The van der Waals surface area contributed by atoms with Crippen LogP contribution in [0.1, 0.15) is 15.2 Å². The number of benzene rings is 1.